The van der Waals surface area contributed by atoms with Crippen LogP contribution in [0.1, 0.15) is 11.1 Å². The van der Waals surface area contributed by atoms with Gasteiger partial charge < -0.3 is 5.32 Å². The van der Waals surface area contributed by atoms with Crippen molar-refractivity contribution in [2.24, 2.45) is 0 Å². The fourth-order valence-electron chi connectivity index (χ4n) is 2.35. The average Bonchev–Trinajstić information content (AvgIpc) is 2.86. The van der Waals surface area contributed by atoms with Crippen LogP contribution in [0.15, 0.2) is 53.4 Å². The molecule has 7 heteroatoms. The van der Waals surface area contributed by atoms with Crippen LogP contribution in [0.25, 0.3) is 6.08 Å². The van der Waals surface area contributed by atoms with Crippen molar-refractivity contribution in [2.45, 2.75) is 6.92 Å². The second-order valence-corrected chi connectivity index (χ2v) is 7.86. The molecule has 5 nitrogen and oxygen atoms in total. The first-order chi connectivity index (χ1) is 12.4. The maximum absolute atomic E-state index is 12.5. The molecule has 2 aromatic carbocycles. The van der Waals surface area contributed by atoms with E-state index in [0.29, 0.717) is 10.6 Å². The first-order valence-electron chi connectivity index (χ1n) is 7.80. The Labute approximate surface area is 169 Å². The van der Waals surface area contributed by atoms with E-state index in [1.54, 1.807) is 18.2 Å². The normalized spacial score (nSPS) is 15.6. The highest BCUT2D eigenvalue weighted by molar-refractivity contribution is 14.1. The molecule has 1 fully saturated rings. The van der Waals surface area contributed by atoms with Crippen LogP contribution in [0.5, 0.6) is 0 Å². The third-order valence-electron chi connectivity index (χ3n) is 3.70. The molecule has 0 atom stereocenters. The first kappa shape index (κ1) is 18.7. The third-order valence-corrected chi connectivity index (χ3v) is 5.59. The summed E-state index contributed by atoms with van der Waals surface area (Å²) in [5, 5.41) is 2.26. The number of amides is 3. The van der Waals surface area contributed by atoms with Crippen LogP contribution in [0.2, 0.25) is 0 Å². The smallest absolute Gasteiger partial charge is 0.294 e. The number of imide groups is 1. The number of halogens is 1. The molecule has 0 aromatic heterocycles. The molecule has 0 aliphatic carbocycles. The van der Waals surface area contributed by atoms with Crippen molar-refractivity contribution in [3.05, 3.63) is 68.1 Å². The zero-order valence-electron chi connectivity index (χ0n) is 13.9. The quantitative estimate of drug-likeness (QED) is 0.527. The maximum Gasteiger partial charge on any atom is 0.294 e. The Balaban J connectivity index is 1.70. The van der Waals surface area contributed by atoms with Gasteiger partial charge in [-0.2, -0.15) is 0 Å². The number of hydrogen-bond acceptors (Lipinski definition) is 4. The lowest BCUT2D eigenvalue weighted by molar-refractivity contribution is -0.127. The Morgan fingerprint density at radius 3 is 2.54 bits per heavy atom. The Kier molecular flexibility index (Phi) is 5.77. The summed E-state index contributed by atoms with van der Waals surface area (Å²) in [5.41, 5.74) is 2.57. The molecule has 3 rings (SSSR count). The van der Waals surface area contributed by atoms with Crippen LogP contribution in [0.4, 0.5) is 10.5 Å². The van der Waals surface area contributed by atoms with Gasteiger partial charge in [0.1, 0.15) is 6.54 Å². The van der Waals surface area contributed by atoms with Crippen molar-refractivity contribution in [2.75, 3.05) is 11.9 Å². The minimum atomic E-state index is -0.446. The van der Waals surface area contributed by atoms with E-state index in [1.165, 1.54) is 0 Å². The summed E-state index contributed by atoms with van der Waals surface area (Å²) < 4.78 is 0.981. The standard InChI is InChI=1S/C19H15IN2O3S/c1-12-6-8-14(9-7-12)21-17(23)11-22-18(24)16(26-19(22)25)10-13-4-2-3-5-15(13)20/h2-10H,11H2,1H3,(H,21,23)/b16-10-. The van der Waals surface area contributed by atoms with Crippen molar-refractivity contribution in [3.63, 3.8) is 0 Å². The number of rotatable bonds is 4. The van der Waals surface area contributed by atoms with Gasteiger partial charge in [0.05, 0.1) is 4.91 Å². The molecule has 1 aliphatic rings. The Morgan fingerprint density at radius 1 is 1.15 bits per heavy atom. The number of hydrogen-bond donors (Lipinski definition) is 1. The lowest BCUT2D eigenvalue weighted by Gasteiger charge is -2.12. The van der Waals surface area contributed by atoms with Crippen molar-refractivity contribution in [1.29, 1.82) is 0 Å². The van der Waals surface area contributed by atoms with Crippen molar-refractivity contribution < 1.29 is 14.4 Å². The van der Waals surface area contributed by atoms with Crippen LogP contribution in [-0.2, 0) is 9.59 Å². The fraction of sp³-hybridized carbons (Fsp3) is 0.105. The highest BCUT2D eigenvalue weighted by Gasteiger charge is 2.36. The number of benzene rings is 2. The van der Waals surface area contributed by atoms with E-state index in [-0.39, 0.29) is 6.54 Å². The fourth-order valence-corrected chi connectivity index (χ4v) is 3.72. The van der Waals surface area contributed by atoms with E-state index < -0.39 is 17.1 Å². The third kappa shape index (κ3) is 4.34. The van der Waals surface area contributed by atoms with Crippen LogP contribution < -0.4 is 5.32 Å². The van der Waals surface area contributed by atoms with E-state index in [1.807, 2.05) is 43.3 Å². The molecule has 0 spiro atoms. The largest absolute Gasteiger partial charge is 0.325 e. The van der Waals surface area contributed by atoms with Crippen LogP contribution in [0.3, 0.4) is 0 Å². The molecule has 132 valence electrons. The Hall–Kier alpha value is -2.13. The second kappa shape index (κ2) is 8.05. The molecular weight excluding hydrogens is 463 g/mol. The first-order valence-corrected chi connectivity index (χ1v) is 9.70. The average molecular weight is 478 g/mol. The molecule has 0 unspecified atom stereocenters. The number of thioether (sulfide) groups is 1. The summed E-state index contributed by atoms with van der Waals surface area (Å²) >= 11 is 3.02. The van der Waals surface area contributed by atoms with E-state index in [2.05, 4.69) is 27.9 Å². The summed E-state index contributed by atoms with van der Waals surface area (Å²) in [6.45, 7) is 1.65. The molecule has 0 radical (unpaired) electrons. The van der Waals surface area contributed by atoms with Crippen LogP contribution in [0, 0.1) is 10.5 Å². The number of anilines is 1. The summed E-state index contributed by atoms with van der Waals surface area (Å²) in [5.74, 6) is -0.856. The predicted octanol–water partition coefficient (Wildman–Crippen LogP) is 4.27. The van der Waals surface area contributed by atoms with Crippen molar-refractivity contribution >= 4 is 63.2 Å². The number of nitrogens with one attached hydrogen (secondary N) is 1. The van der Waals surface area contributed by atoms with Gasteiger partial charge in [-0.15, -0.1) is 0 Å². The van der Waals surface area contributed by atoms with Gasteiger partial charge >= 0.3 is 0 Å². The molecule has 1 saturated heterocycles. The zero-order chi connectivity index (χ0) is 18.7. The number of carbonyl (C=O) groups is 3. The molecule has 2 aromatic rings. The Morgan fingerprint density at radius 2 is 1.85 bits per heavy atom. The van der Waals surface area contributed by atoms with Crippen LogP contribution >= 0.6 is 34.4 Å². The number of carbonyl (C=O) groups excluding carboxylic acids is 3. The van der Waals surface area contributed by atoms with Gasteiger partial charge in [-0.1, -0.05) is 35.9 Å². The van der Waals surface area contributed by atoms with Gasteiger partial charge in [-0.05, 0) is 71.1 Å². The van der Waals surface area contributed by atoms with E-state index >= 15 is 0 Å². The van der Waals surface area contributed by atoms with E-state index in [0.717, 1.165) is 31.4 Å². The summed E-state index contributed by atoms with van der Waals surface area (Å²) in [4.78, 5) is 38.1. The van der Waals surface area contributed by atoms with Gasteiger partial charge in [0.25, 0.3) is 11.1 Å². The molecular formula is C19H15IN2O3S. The van der Waals surface area contributed by atoms with Crippen molar-refractivity contribution in [3.8, 4) is 0 Å². The maximum atomic E-state index is 12.5. The Bertz CT molecular complexity index is 909. The summed E-state index contributed by atoms with van der Waals surface area (Å²) in [6.07, 6.45) is 1.69. The minimum Gasteiger partial charge on any atom is -0.325 e. The van der Waals surface area contributed by atoms with Gasteiger partial charge in [-0.25, -0.2) is 0 Å². The minimum absolute atomic E-state index is 0.304. The van der Waals surface area contributed by atoms with Gasteiger partial charge in [0.15, 0.2) is 0 Å². The second-order valence-electron chi connectivity index (χ2n) is 5.70. The lowest BCUT2D eigenvalue weighted by Crippen LogP contribution is -2.36. The molecule has 3 amide bonds. The summed E-state index contributed by atoms with van der Waals surface area (Å²) in [7, 11) is 0. The molecule has 1 N–H and O–H groups in total. The lowest BCUT2D eigenvalue weighted by atomic mass is 10.2. The van der Waals surface area contributed by atoms with Gasteiger partial charge in [0, 0.05) is 9.26 Å². The molecule has 0 saturated carbocycles. The van der Waals surface area contributed by atoms with E-state index in [9.17, 15) is 14.4 Å². The van der Waals surface area contributed by atoms with Gasteiger partial charge in [-0.3, -0.25) is 19.3 Å². The topological polar surface area (TPSA) is 66.5 Å². The number of aryl methyl sites for hydroxylation is 1. The van der Waals surface area contributed by atoms with Crippen molar-refractivity contribution in [1.82, 2.24) is 4.90 Å². The highest BCUT2D eigenvalue weighted by Crippen LogP contribution is 2.32. The zero-order valence-corrected chi connectivity index (χ0v) is 16.8. The van der Waals surface area contributed by atoms with Gasteiger partial charge in [0.2, 0.25) is 5.91 Å². The molecule has 26 heavy (non-hydrogen) atoms. The monoisotopic (exact) mass is 478 g/mol. The highest BCUT2D eigenvalue weighted by atomic mass is 127. The SMILES string of the molecule is Cc1ccc(NC(=O)CN2C(=O)S/C(=C\c3ccccc3I)C2=O)cc1. The van der Waals surface area contributed by atoms with Crippen LogP contribution in [-0.4, -0.2) is 28.5 Å². The summed E-state index contributed by atoms with van der Waals surface area (Å²) in [6, 6.07) is 14.9. The van der Waals surface area contributed by atoms with E-state index in [4.69, 9.17) is 0 Å². The number of nitrogens with zero attached hydrogens (tertiary/aromatic N) is 1. The predicted molar refractivity (Wildman–Crippen MR) is 112 cm³/mol. The molecule has 1 aliphatic heterocycles. The molecule has 1 heterocycles. The molecule has 0 bridgehead atoms.